The lowest BCUT2D eigenvalue weighted by molar-refractivity contribution is 0.439. The van der Waals surface area contributed by atoms with Crippen LogP contribution < -0.4 is 4.74 Å². The third kappa shape index (κ3) is 2.71. The highest BCUT2D eigenvalue weighted by atomic mass is 127. The summed E-state index contributed by atoms with van der Waals surface area (Å²) in [7, 11) is 0. The van der Waals surface area contributed by atoms with Crippen molar-refractivity contribution >= 4 is 49.3 Å². The molecule has 0 unspecified atom stereocenters. The van der Waals surface area contributed by atoms with E-state index in [9.17, 15) is 0 Å². The Morgan fingerprint density at radius 1 is 1.00 bits per heavy atom. The van der Waals surface area contributed by atoms with Gasteiger partial charge in [0.05, 0.1) is 4.47 Å². The molecule has 0 saturated heterocycles. The summed E-state index contributed by atoms with van der Waals surface area (Å²) in [6.45, 7) is 0. The van der Waals surface area contributed by atoms with Crippen LogP contribution in [0.15, 0.2) is 53.3 Å². The van der Waals surface area contributed by atoms with E-state index in [0.29, 0.717) is 11.8 Å². The van der Waals surface area contributed by atoms with Crippen LogP contribution in [0.3, 0.4) is 0 Å². The maximum Gasteiger partial charge on any atom is 0.321 e. The molecule has 0 amide bonds. The van der Waals surface area contributed by atoms with Crippen LogP contribution in [0.25, 0.3) is 10.8 Å². The quantitative estimate of drug-likeness (QED) is 0.552. The molecule has 2 aromatic carbocycles. The van der Waals surface area contributed by atoms with Crippen molar-refractivity contribution in [3.05, 3.63) is 56.8 Å². The van der Waals surface area contributed by atoms with Crippen molar-refractivity contribution in [1.82, 2.24) is 9.97 Å². The smallest absolute Gasteiger partial charge is 0.321 e. The monoisotopic (exact) mass is 426 g/mol. The van der Waals surface area contributed by atoms with Gasteiger partial charge in [-0.3, -0.25) is 0 Å². The molecule has 0 spiro atoms. The Labute approximate surface area is 132 Å². The molecule has 3 aromatic rings. The van der Waals surface area contributed by atoms with Crippen LogP contribution in [-0.4, -0.2) is 9.97 Å². The van der Waals surface area contributed by atoms with Gasteiger partial charge < -0.3 is 4.74 Å². The van der Waals surface area contributed by atoms with Gasteiger partial charge in [-0.05, 0) is 55.4 Å². The zero-order chi connectivity index (χ0) is 13.2. The average molecular weight is 427 g/mol. The molecule has 0 aliphatic carbocycles. The van der Waals surface area contributed by atoms with Gasteiger partial charge >= 0.3 is 6.01 Å². The van der Waals surface area contributed by atoms with Gasteiger partial charge in [0.25, 0.3) is 0 Å². The highest BCUT2D eigenvalue weighted by Gasteiger charge is 2.08. The van der Waals surface area contributed by atoms with E-state index in [2.05, 4.69) is 54.6 Å². The van der Waals surface area contributed by atoms with Crippen molar-refractivity contribution in [2.75, 3.05) is 0 Å². The predicted octanol–water partition coefficient (Wildman–Crippen LogP) is 4.79. The molecule has 94 valence electrons. The first-order valence-corrected chi connectivity index (χ1v) is 7.44. The van der Waals surface area contributed by atoms with Crippen LogP contribution in [-0.2, 0) is 0 Å². The maximum atomic E-state index is 5.70. The van der Waals surface area contributed by atoms with E-state index < -0.39 is 0 Å². The first-order chi connectivity index (χ1) is 9.24. The van der Waals surface area contributed by atoms with Crippen LogP contribution >= 0.6 is 38.5 Å². The summed E-state index contributed by atoms with van der Waals surface area (Å²) in [5.41, 5.74) is 0. The molecule has 3 nitrogen and oxygen atoms in total. The number of hydrogen-bond donors (Lipinski definition) is 0. The molecule has 1 heterocycles. The van der Waals surface area contributed by atoms with E-state index in [1.807, 2.05) is 30.3 Å². The molecule has 0 bridgehead atoms. The van der Waals surface area contributed by atoms with Gasteiger partial charge in [0.15, 0.2) is 0 Å². The molecular weight excluding hydrogens is 419 g/mol. The molecule has 0 atom stereocenters. The summed E-state index contributed by atoms with van der Waals surface area (Å²) < 4.78 is 7.58. The Bertz CT molecular complexity index is 731. The second-order valence-electron chi connectivity index (χ2n) is 3.88. The fraction of sp³-hybridized carbons (Fsp3) is 0. The van der Waals surface area contributed by atoms with Crippen LogP contribution in [0, 0.1) is 3.57 Å². The summed E-state index contributed by atoms with van der Waals surface area (Å²) in [6, 6.07) is 12.4. The number of fused-ring (bicyclic) bond motifs is 1. The number of halogens is 2. The second kappa shape index (κ2) is 5.42. The number of nitrogens with zero attached hydrogens (tertiary/aromatic N) is 2. The average Bonchev–Trinajstić information content (AvgIpc) is 2.45. The largest absolute Gasteiger partial charge is 0.423 e. The third-order valence-electron chi connectivity index (χ3n) is 2.63. The van der Waals surface area contributed by atoms with Crippen LogP contribution in [0.4, 0.5) is 0 Å². The SMILES string of the molecule is Brc1c(Oc2ncc(I)cn2)ccc2ccccc12. The highest BCUT2D eigenvalue weighted by Crippen LogP contribution is 2.34. The van der Waals surface area contributed by atoms with E-state index in [1.165, 1.54) is 0 Å². The van der Waals surface area contributed by atoms with Gasteiger partial charge in [0.1, 0.15) is 5.75 Å². The Morgan fingerprint density at radius 2 is 1.74 bits per heavy atom. The van der Waals surface area contributed by atoms with Gasteiger partial charge in [-0.15, -0.1) is 0 Å². The van der Waals surface area contributed by atoms with Crippen molar-refractivity contribution in [1.29, 1.82) is 0 Å². The maximum absolute atomic E-state index is 5.70. The number of aromatic nitrogens is 2. The summed E-state index contributed by atoms with van der Waals surface area (Å²) in [5.74, 6) is 0.708. The summed E-state index contributed by atoms with van der Waals surface area (Å²) in [4.78, 5) is 8.27. The van der Waals surface area contributed by atoms with Gasteiger partial charge in [-0.25, -0.2) is 9.97 Å². The fourth-order valence-electron chi connectivity index (χ4n) is 1.74. The Morgan fingerprint density at radius 3 is 2.53 bits per heavy atom. The van der Waals surface area contributed by atoms with E-state index in [1.54, 1.807) is 12.4 Å². The summed E-state index contributed by atoms with van der Waals surface area (Å²) in [5, 5.41) is 2.26. The normalized spacial score (nSPS) is 10.6. The molecule has 0 aliphatic rings. The topological polar surface area (TPSA) is 35.0 Å². The van der Waals surface area contributed by atoms with Crippen LogP contribution in [0.5, 0.6) is 11.8 Å². The van der Waals surface area contributed by atoms with Gasteiger partial charge in [-0.2, -0.15) is 0 Å². The van der Waals surface area contributed by atoms with E-state index in [4.69, 9.17) is 4.74 Å². The standard InChI is InChI=1S/C14H8BrIN2O/c15-13-11-4-2-1-3-9(11)5-6-12(13)19-14-17-7-10(16)8-18-14/h1-8H. The first-order valence-electron chi connectivity index (χ1n) is 5.57. The Kier molecular flexibility index (Phi) is 3.65. The van der Waals surface area contributed by atoms with Crippen molar-refractivity contribution in [3.63, 3.8) is 0 Å². The lowest BCUT2D eigenvalue weighted by Gasteiger charge is -2.08. The Hall–Kier alpha value is -1.21. The minimum atomic E-state index is 0.344. The predicted molar refractivity (Wildman–Crippen MR) is 86.5 cm³/mol. The first kappa shape index (κ1) is 12.8. The molecule has 0 N–H and O–H groups in total. The number of hydrogen-bond acceptors (Lipinski definition) is 3. The lowest BCUT2D eigenvalue weighted by atomic mass is 10.1. The van der Waals surface area contributed by atoms with Gasteiger partial charge in [-0.1, -0.05) is 30.3 Å². The molecule has 1 aromatic heterocycles. The number of ether oxygens (including phenoxy) is 1. The molecule has 0 radical (unpaired) electrons. The molecular formula is C14H8BrIN2O. The van der Waals surface area contributed by atoms with Crippen molar-refractivity contribution < 1.29 is 4.74 Å². The van der Waals surface area contributed by atoms with Crippen LogP contribution in [0.1, 0.15) is 0 Å². The zero-order valence-corrected chi connectivity index (χ0v) is 13.4. The van der Waals surface area contributed by atoms with Gasteiger partial charge in [0, 0.05) is 16.0 Å². The number of benzene rings is 2. The fourth-order valence-corrected chi connectivity index (χ4v) is 2.60. The van der Waals surface area contributed by atoms with E-state index >= 15 is 0 Å². The molecule has 0 saturated carbocycles. The van der Waals surface area contributed by atoms with Crippen molar-refractivity contribution in [2.45, 2.75) is 0 Å². The van der Waals surface area contributed by atoms with Crippen LogP contribution in [0.2, 0.25) is 0 Å². The van der Waals surface area contributed by atoms with E-state index in [0.717, 1.165) is 18.8 Å². The van der Waals surface area contributed by atoms with Gasteiger partial charge in [0.2, 0.25) is 0 Å². The minimum absolute atomic E-state index is 0.344. The number of rotatable bonds is 2. The summed E-state index contributed by atoms with van der Waals surface area (Å²) >= 11 is 5.73. The summed E-state index contributed by atoms with van der Waals surface area (Å²) in [6.07, 6.45) is 3.44. The lowest BCUT2D eigenvalue weighted by Crippen LogP contribution is -1.92. The molecule has 3 rings (SSSR count). The molecule has 5 heteroatoms. The molecule has 0 aliphatic heterocycles. The highest BCUT2D eigenvalue weighted by molar-refractivity contribution is 14.1. The van der Waals surface area contributed by atoms with E-state index in [-0.39, 0.29) is 0 Å². The molecule has 19 heavy (non-hydrogen) atoms. The van der Waals surface area contributed by atoms with Crippen molar-refractivity contribution in [3.8, 4) is 11.8 Å². The second-order valence-corrected chi connectivity index (χ2v) is 5.92. The van der Waals surface area contributed by atoms with Crippen molar-refractivity contribution in [2.24, 2.45) is 0 Å². The molecule has 0 fully saturated rings. The Balaban J connectivity index is 2.01. The third-order valence-corrected chi connectivity index (χ3v) is 4.00. The minimum Gasteiger partial charge on any atom is -0.423 e. The zero-order valence-electron chi connectivity index (χ0n) is 9.68.